The molecule has 1 amide bonds. The first kappa shape index (κ1) is 20.5. The van der Waals surface area contributed by atoms with E-state index in [4.69, 9.17) is 4.98 Å². The Labute approximate surface area is 183 Å². The van der Waals surface area contributed by atoms with E-state index in [0.29, 0.717) is 28.7 Å². The minimum absolute atomic E-state index is 0.0663. The molecule has 0 unspecified atom stereocenters. The van der Waals surface area contributed by atoms with Gasteiger partial charge in [-0.25, -0.2) is 10.4 Å². The van der Waals surface area contributed by atoms with E-state index >= 15 is 0 Å². The molecule has 2 fully saturated rings. The Kier molecular flexibility index (Phi) is 5.11. The topological polar surface area (TPSA) is 81.4 Å². The molecule has 166 valence electrons. The summed E-state index contributed by atoms with van der Waals surface area (Å²) in [6.07, 6.45) is 4.30. The highest BCUT2D eigenvalue weighted by Crippen LogP contribution is 2.45. The van der Waals surface area contributed by atoms with E-state index < -0.39 is 6.61 Å². The number of fused-ring (bicyclic) bond motifs is 1. The van der Waals surface area contributed by atoms with Crippen LogP contribution in [0.1, 0.15) is 71.8 Å². The average molecular weight is 439 g/mol. The standard InChI is InChI=1S/C23H23F2N5O2/c1-12(13-7-9-16(10-8-13)32-23(24)25)27-28-22(31)17-11-18(14-3-4-14)26-21-19(17)20(15-5-6-15)29-30(21)2/h7-11,14-15,23H,3-6H2,1-2H3,(H,28,31). The van der Waals surface area contributed by atoms with Crippen molar-refractivity contribution in [1.29, 1.82) is 0 Å². The molecule has 2 aliphatic carbocycles. The molecule has 2 aromatic heterocycles. The Morgan fingerprint density at radius 3 is 2.50 bits per heavy atom. The molecule has 2 heterocycles. The highest BCUT2D eigenvalue weighted by Gasteiger charge is 2.33. The SMILES string of the molecule is CC(=NNC(=O)c1cc(C2CC2)nc2c1c(C1CC1)nn2C)c1ccc(OC(F)F)cc1. The summed E-state index contributed by atoms with van der Waals surface area (Å²) in [7, 11) is 1.86. The van der Waals surface area contributed by atoms with Crippen LogP contribution in [-0.2, 0) is 7.05 Å². The highest BCUT2D eigenvalue weighted by atomic mass is 19.3. The molecule has 1 aromatic carbocycles. The van der Waals surface area contributed by atoms with E-state index in [-0.39, 0.29) is 11.7 Å². The van der Waals surface area contributed by atoms with E-state index in [1.165, 1.54) is 12.1 Å². The first-order valence-electron chi connectivity index (χ1n) is 10.7. The van der Waals surface area contributed by atoms with Gasteiger partial charge in [-0.3, -0.25) is 9.48 Å². The number of hydrogen-bond acceptors (Lipinski definition) is 5. The van der Waals surface area contributed by atoms with Gasteiger partial charge >= 0.3 is 6.61 Å². The number of pyridine rings is 1. The molecule has 2 saturated carbocycles. The van der Waals surface area contributed by atoms with Crippen molar-refractivity contribution < 1.29 is 18.3 Å². The maximum Gasteiger partial charge on any atom is 0.387 e. The molecule has 0 spiro atoms. The van der Waals surface area contributed by atoms with Gasteiger partial charge in [-0.05, 0) is 68.5 Å². The molecular formula is C23H23F2N5O2. The van der Waals surface area contributed by atoms with Gasteiger partial charge in [-0.1, -0.05) is 0 Å². The van der Waals surface area contributed by atoms with Crippen molar-refractivity contribution in [2.75, 3.05) is 0 Å². The van der Waals surface area contributed by atoms with Crippen molar-refractivity contribution in [2.45, 2.75) is 51.1 Å². The zero-order valence-electron chi connectivity index (χ0n) is 17.8. The average Bonchev–Trinajstić information content (AvgIpc) is 3.69. The number of hydrogen-bond donors (Lipinski definition) is 1. The lowest BCUT2D eigenvalue weighted by molar-refractivity contribution is -0.0498. The Morgan fingerprint density at radius 2 is 1.88 bits per heavy atom. The molecule has 0 saturated heterocycles. The molecule has 5 rings (SSSR count). The third-order valence-corrected chi connectivity index (χ3v) is 5.87. The maximum absolute atomic E-state index is 13.2. The Morgan fingerprint density at radius 1 is 1.19 bits per heavy atom. The summed E-state index contributed by atoms with van der Waals surface area (Å²) in [6, 6.07) is 7.99. The van der Waals surface area contributed by atoms with Crippen molar-refractivity contribution >= 4 is 22.7 Å². The molecule has 1 N–H and O–H groups in total. The summed E-state index contributed by atoms with van der Waals surface area (Å²) in [5.74, 6) is 0.519. The van der Waals surface area contributed by atoms with Crippen LogP contribution in [0.2, 0.25) is 0 Å². The van der Waals surface area contributed by atoms with Gasteiger partial charge in [0.05, 0.1) is 22.4 Å². The second-order valence-electron chi connectivity index (χ2n) is 8.39. The maximum atomic E-state index is 13.2. The van der Waals surface area contributed by atoms with Gasteiger partial charge in [-0.2, -0.15) is 19.0 Å². The summed E-state index contributed by atoms with van der Waals surface area (Å²) in [6.45, 7) is -1.14. The fourth-order valence-electron chi connectivity index (χ4n) is 3.84. The van der Waals surface area contributed by atoms with Crippen LogP contribution in [0.4, 0.5) is 8.78 Å². The fraction of sp³-hybridized carbons (Fsp3) is 0.391. The Hall–Kier alpha value is -3.36. The number of ether oxygens (including phenoxy) is 1. The number of amides is 1. The van der Waals surface area contributed by atoms with Crippen molar-refractivity contribution in [3.63, 3.8) is 0 Å². The Bertz CT molecular complexity index is 1210. The zero-order valence-corrected chi connectivity index (χ0v) is 17.8. The number of aryl methyl sites for hydroxylation is 1. The number of hydrazone groups is 1. The second kappa shape index (κ2) is 7.96. The first-order chi connectivity index (χ1) is 15.4. The molecule has 7 nitrogen and oxygen atoms in total. The van der Waals surface area contributed by atoms with Gasteiger partial charge in [-0.15, -0.1) is 0 Å². The van der Waals surface area contributed by atoms with E-state index in [1.54, 1.807) is 23.7 Å². The van der Waals surface area contributed by atoms with Crippen LogP contribution in [0.15, 0.2) is 35.4 Å². The molecule has 3 aromatic rings. The summed E-state index contributed by atoms with van der Waals surface area (Å²) < 4.78 is 30.8. The monoisotopic (exact) mass is 439 g/mol. The molecule has 0 atom stereocenters. The van der Waals surface area contributed by atoms with Gasteiger partial charge in [0.25, 0.3) is 5.91 Å². The number of halogens is 2. The number of carbonyl (C=O) groups is 1. The molecule has 2 aliphatic rings. The van der Waals surface area contributed by atoms with E-state index in [2.05, 4.69) is 20.4 Å². The van der Waals surface area contributed by atoms with E-state index in [1.807, 2.05) is 13.1 Å². The van der Waals surface area contributed by atoms with Crippen LogP contribution in [0.25, 0.3) is 11.0 Å². The number of aromatic nitrogens is 3. The van der Waals surface area contributed by atoms with Crippen LogP contribution < -0.4 is 10.2 Å². The second-order valence-corrected chi connectivity index (χ2v) is 8.39. The molecular weight excluding hydrogens is 416 g/mol. The number of nitrogens with zero attached hydrogens (tertiary/aromatic N) is 4. The summed E-state index contributed by atoms with van der Waals surface area (Å²) in [4.78, 5) is 18.0. The van der Waals surface area contributed by atoms with Crippen LogP contribution >= 0.6 is 0 Å². The number of nitrogens with one attached hydrogen (secondary N) is 1. The van der Waals surface area contributed by atoms with Crippen molar-refractivity contribution in [3.05, 3.63) is 52.8 Å². The van der Waals surface area contributed by atoms with Gasteiger partial charge < -0.3 is 4.74 Å². The van der Waals surface area contributed by atoms with Crippen LogP contribution in [0, 0.1) is 0 Å². The summed E-state index contributed by atoms with van der Waals surface area (Å²) in [5, 5.41) is 9.70. The third-order valence-electron chi connectivity index (χ3n) is 5.87. The van der Waals surface area contributed by atoms with Crippen LogP contribution in [0.5, 0.6) is 5.75 Å². The number of rotatable bonds is 7. The van der Waals surface area contributed by atoms with Crippen molar-refractivity contribution in [3.8, 4) is 5.75 Å². The van der Waals surface area contributed by atoms with Crippen molar-refractivity contribution in [2.24, 2.45) is 12.1 Å². The molecule has 0 aliphatic heterocycles. The lowest BCUT2D eigenvalue weighted by Gasteiger charge is -2.08. The normalized spacial score (nSPS) is 16.6. The lowest BCUT2D eigenvalue weighted by Crippen LogP contribution is -2.20. The van der Waals surface area contributed by atoms with Crippen LogP contribution in [0.3, 0.4) is 0 Å². The first-order valence-corrected chi connectivity index (χ1v) is 10.7. The number of benzene rings is 1. The molecule has 9 heteroatoms. The van der Waals surface area contributed by atoms with Gasteiger partial charge in [0.2, 0.25) is 0 Å². The predicted octanol–water partition coefficient (Wildman–Crippen LogP) is 4.48. The predicted molar refractivity (Wildman–Crippen MR) is 115 cm³/mol. The minimum Gasteiger partial charge on any atom is -0.435 e. The van der Waals surface area contributed by atoms with Gasteiger partial charge in [0, 0.05) is 24.6 Å². The lowest BCUT2D eigenvalue weighted by atomic mass is 10.1. The molecule has 32 heavy (non-hydrogen) atoms. The number of alkyl halides is 2. The number of carbonyl (C=O) groups excluding carboxylic acids is 1. The van der Waals surface area contributed by atoms with Gasteiger partial charge in [0.1, 0.15) is 5.75 Å². The molecule has 0 bridgehead atoms. The largest absolute Gasteiger partial charge is 0.435 e. The van der Waals surface area contributed by atoms with Crippen molar-refractivity contribution in [1.82, 2.24) is 20.2 Å². The Balaban J connectivity index is 1.43. The van der Waals surface area contributed by atoms with Gasteiger partial charge in [0.15, 0.2) is 5.65 Å². The van der Waals surface area contributed by atoms with Crippen LogP contribution in [-0.4, -0.2) is 33.0 Å². The van der Waals surface area contributed by atoms with E-state index in [0.717, 1.165) is 48.1 Å². The smallest absolute Gasteiger partial charge is 0.387 e. The fourth-order valence-corrected chi connectivity index (χ4v) is 3.84. The summed E-state index contributed by atoms with van der Waals surface area (Å²) in [5.41, 5.74) is 7.01. The highest BCUT2D eigenvalue weighted by molar-refractivity contribution is 6.08. The zero-order chi connectivity index (χ0) is 22.4. The quantitative estimate of drug-likeness (QED) is 0.435. The minimum atomic E-state index is -2.87. The third kappa shape index (κ3) is 4.06. The summed E-state index contributed by atoms with van der Waals surface area (Å²) >= 11 is 0. The van der Waals surface area contributed by atoms with E-state index in [9.17, 15) is 13.6 Å². The molecule has 0 radical (unpaired) electrons.